The first kappa shape index (κ1) is 13.5. The summed E-state index contributed by atoms with van der Waals surface area (Å²) in [6.45, 7) is 7.33. The van der Waals surface area contributed by atoms with E-state index in [1.807, 2.05) is 14.0 Å². The Kier molecular flexibility index (Phi) is 5.26. The van der Waals surface area contributed by atoms with Crippen LogP contribution in [-0.4, -0.2) is 25.5 Å². The summed E-state index contributed by atoms with van der Waals surface area (Å²) in [6.07, 6.45) is 3.52. The van der Waals surface area contributed by atoms with E-state index >= 15 is 0 Å². The van der Waals surface area contributed by atoms with E-state index in [4.69, 9.17) is 0 Å². The van der Waals surface area contributed by atoms with E-state index in [1.165, 1.54) is 6.42 Å². The maximum Gasteiger partial charge on any atom is 0.224 e. The van der Waals surface area contributed by atoms with E-state index in [2.05, 4.69) is 24.5 Å². The molecule has 0 aromatic heterocycles. The molecule has 3 heteroatoms. The molecule has 1 fully saturated rings. The van der Waals surface area contributed by atoms with Crippen molar-refractivity contribution < 1.29 is 4.79 Å². The highest BCUT2D eigenvalue weighted by atomic mass is 16.1. The van der Waals surface area contributed by atoms with E-state index in [-0.39, 0.29) is 11.8 Å². The van der Waals surface area contributed by atoms with Gasteiger partial charge in [-0.15, -0.1) is 0 Å². The van der Waals surface area contributed by atoms with E-state index < -0.39 is 0 Å². The zero-order valence-electron chi connectivity index (χ0n) is 11.0. The topological polar surface area (TPSA) is 41.1 Å². The highest BCUT2D eigenvalue weighted by molar-refractivity contribution is 5.78. The lowest BCUT2D eigenvalue weighted by Gasteiger charge is -2.33. The third-order valence-corrected chi connectivity index (χ3v) is 3.90. The van der Waals surface area contributed by atoms with Gasteiger partial charge in [-0.1, -0.05) is 20.8 Å². The first-order chi connectivity index (χ1) is 7.54. The normalized spacial score (nSPS) is 32.1. The van der Waals surface area contributed by atoms with Gasteiger partial charge in [-0.2, -0.15) is 0 Å². The van der Waals surface area contributed by atoms with Gasteiger partial charge < -0.3 is 10.6 Å². The zero-order valence-corrected chi connectivity index (χ0v) is 11.0. The molecule has 1 aliphatic rings. The summed E-state index contributed by atoms with van der Waals surface area (Å²) in [7, 11) is 1.88. The Morgan fingerprint density at radius 2 is 2.00 bits per heavy atom. The average molecular weight is 226 g/mol. The van der Waals surface area contributed by atoms with Gasteiger partial charge >= 0.3 is 0 Å². The molecule has 16 heavy (non-hydrogen) atoms. The quantitative estimate of drug-likeness (QED) is 0.767. The molecule has 0 saturated heterocycles. The van der Waals surface area contributed by atoms with Crippen LogP contribution >= 0.6 is 0 Å². The first-order valence-electron chi connectivity index (χ1n) is 6.49. The smallest absolute Gasteiger partial charge is 0.224 e. The van der Waals surface area contributed by atoms with Gasteiger partial charge in [0.05, 0.1) is 0 Å². The summed E-state index contributed by atoms with van der Waals surface area (Å²) in [5.74, 6) is 1.81. The lowest BCUT2D eigenvalue weighted by atomic mass is 9.79. The lowest BCUT2D eigenvalue weighted by Crippen LogP contribution is -2.43. The van der Waals surface area contributed by atoms with Crippen molar-refractivity contribution in [3.63, 3.8) is 0 Å². The fraction of sp³-hybridized carbons (Fsp3) is 0.923. The fourth-order valence-corrected chi connectivity index (χ4v) is 2.42. The first-order valence-corrected chi connectivity index (χ1v) is 6.49. The molecule has 4 unspecified atom stereocenters. The van der Waals surface area contributed by atoms with Gasteiger partial charge in [-0.3, -0.25) is 4.79 Å². The van der Waals surface area contributed by atoms with Crippen LogP contribution in [0, 0.1) is 17.8 Å². The SMILES string of the molecule is CNCC(C)C(=O)NC1CCC(C)C(C)C1. The maximum atomic E-state index is 11.8. The van der Waals surface area contributed by atoms with Gasteiger partial charge in [0.15, 0.2) is 0 Å². The van der Waals surface area contributed by atoms with Crippen LogP contribution < -0.4 is 10.6 Å². The monoisotopic (exact) mass is 226 g/mol. The minimum absolute atomic E-state index is 0.0691. The van der Waals surface area contributed by atoms with Crippen LogP contribution in [0.5, 0.6) is 0 Å². The van der Waals surface area contributed by atoms with Crippen molar-refractivity contribution in [2.75, 3.05) is 13.6 Å². The Morgan fingerprint density at radius 3 is 2.56 bits per heavy atom. The zero-order chi connectivity index (χ0) is 12.1. The molecular weight excluding hydrogens is 200 g/mol. The highest BCUT2D eigenvalue weighted by Gasteiger charge is 2.26. The summed E-state index contributed by atoms with van der Waals surface area (Å²) in [6, 6.07) is 0.401. The van der Waals surface area contributed by atoms with E-state index in [0.717, 1.165) is 31.2 Å². The predicted molar refractivity (Wildman–Crippen MR) is 67.2 cm³/mol. The molecule has 0 aromatic rings. The molecule has 0 aromatic carbocycles. The number of hydrogen-bond donors (Lipinski definition) is 2. The van der Waals surface area contributed by atoms with Crippen molar-refractivity contribution in [2.45, 2.75) is 46.1 Å². The molecule has 0 radical (unpaired) electrons. The third-order valence-electron chi connectivity index (χ3n) is 3.90. The van der Waals surface area contributed by atoms with Gasteiger partial charge in [-0.05, 0) is 38.1 Å². The molecule has 1 saturated carbocycles. The van der Waals surface area contributed by atoms with Crippen molar-refractivity contribution in [3.05, 3.63) is 0 Å². The third kappa shape index (κ3) is 3.78. The van der Waals surface area contributed by atoms with Crippen LogP contribution in [0.4, 0.5) is 0 Å². The summed E-state index contributed by atoms with van der Waals surface area (Å²) >= 11 is 0. The largest absolute Gasteiger partial charge is 0.353 e. The second-order valence-corrected chi connectivity index (χ2v) is 5.43. The summed E-state index contributed by atoms with van der Waals surface area (Å²) in [5, 5.41) is 6.22. The molecule has 0 heterocycles. The van der Waals surface area contributed by atoms with Crippen LogP contribution in [0.3, 0.4) is 0 Å². The second kappa shape index (κ2) is 6.24. The number of carbonyl (C=O) groups excluding carboxylic acids is 1. The molecule has 0 bridgehead atoms. The lowest BCUT2D eigenvalue weighted by molar-refractivity contribution is -0.125. The van der Waals surface area contributed by atoms with Crippen LogP contribution in [-0.2, 0) is 4.79 Å². The van der Waals surface area contributed by atoms with Crippen molar-refractivity contribution in [1.29, 1.82) is 0 Å². The number of nitrogens with one attached hydrogen (secondary N) is 2. The molecular formula is C13H26N2O. The minimum Gasteiger partial charge on any atom is -0.353 e. The Balaban J connectivity index is 2.34. The van der Waals surface area contributed by atoms with Crippen molar-refractivity contribution in [1.82, 2.24) is 10.6 Å². The summed E-state index contributed by atoms with van der Waals surface area (Å²) in [4.78, 5) is 11.8. The van der Waals surface area contributed by atoms with Crippen molar-refractivity contribution in [3.8, 4) is 0 Å². The molecule has 94 valence electrons. The Hall–Kier alpha value is -0.570. The molecule has 0 spiro atoms. The number of rotatable bonds is 4. The second-order valence-electron chi connectivity index (χ2n) is 5.43. The van der Waals surface area contributed by atoms with Gasteiger partial charge in [0.1, 0.15) is 0 Å². The Bertz CT molecular complexity index is 230. The summed E-state index contributed by atoms with van der Waals surface area (Å²) < 4.78 is 0. The standard InChI is InChI=1S/C13H26N2O/c1-9-5-6-12(7-10(9)2)15-13(16)11(3)8-14-4/h9-12,14H,5-8H2,1-4H3,(H,15,16). The van der Waals surface area contributed by atoms with Crippen molar-refractivity contribution >= 4 is 5.91 Å². The van der Waals surface area contributed by atoms with E-state index in [1.54, 1.807) is 0 Å². The van der Waals surface area contributed by atoms with Gasteiger partial charge in [-0.25, -0.2) is 0 Å². The Morgan fingerprint density at radius 1 is 1.31 bits per heavy atom. The van der Waals surface area contributed by atoms with Gasteiger partial charge in [0.25, 0.3) is 0 Å². The molecule has 0 aliphatic heterocycles. The molecule has 1 aliphatic carbocycles. The average Bonchev–Trinajstić information content (AvgIpc) is 2.24. The Labute approximate surface area is 99.4 Å². The van der Waals surface area contributed by atoms with Gasteiger partial charge in [0.2, 0.25) is 5.91 Å². The fourth-order valence-electron chi connectivity index (χ4n) is 2.42. The molecule has 2 N–H and O–H groups in total. The molecule has 3 nitrogen and oxygen atoms in total. The number of carbonyl (C=O) groups is 1. The predicted octanol–water partition coefficient (Wildman–Crippen LogP) is 1.78. The number of hydrogen-bond acceptors (Lipinski definition) is 2. The molecule has 1 rings (SSSR count). The van der Waals surface area contributed by atoms with E-state index in [0.29, 0.717) is 6.04 Å². The molecule has 4 atom stereocenters. The van der Waals surface area contributed by atoms with Gasteiger partial charge in [0, 0.05) is 18.5 Å². The summed E-state index contributed by atoms with van der Waals surface area (Å²) in [5.41, 5.74) is 0. The minimum atomic E-state index is 0.0691. The van der Waals surface area contributed by atoms with E-state index in [9.17, 15) is 4.79 Å². The van der Waals surface area contributed by atoms with Crippen LogP contribution in [0.25, 0.3) is 0 Å². The number of amides is 1. The van der Waals surface area contributed by atoms with Crippen molar-refractivity contribution in [2.24, 2.45) is 17.8 Å². The van der Waals surface area contributed by atoms with Crippen LogP contribution in [0.15, 0.2) is 0 Å². The van der Waals surface area contributed by atoms with Crippen LogP contribution in [0.1, 0.15) is 40.0 Å². The highest BCUT2D eigenvalue weighted by Crippen LogP contribution is 2.29. The van der Waals surface area contributed by atoms with Crippen LogP contribution in [0.2, 0.25) is 0 Å². The molecule has 1 amide bonds. The maximum absolute atomic E-state index is 11.8.